The van der Waals surface area contributed by atoms with Gasteiger partial charge in [-0.05, 0) is 13.0 Å². The Labute approximate surface area is 122 Å². The molecule has 106 valence electrons. The number of anilines is 2. The summed E-state index contributed by atoms with van der Waals surface area (Å²) in [6.07, 6.45) is 0. The lowest BCUT2D eigenvalue weighted by Gasteiger charge is -2.24. The molecule has 1 rings (SSSR count). The number of nitrogens with two attached hydrogens (primary N) is 1. The van der Waals surface area contributed by atoms with Gasteiger partial charge in [0.2, 0.25) is 5.91 Å². The second-order valence-electron chi connectivity index (χ2n) is 4.07. The molecule has 3 N–H and O–H groups in total. The third-order valence-electron chi connectivity index (χ3n) is 2.55. The summed E-state index contributed by atoms with van der Waals surface area (Å²) < 4.78 is 0. The molecular formula is C11H17Cl2N5O. The van der Waals surface area contributed by atoms with E-state index in [1.807, 2.05) is 6.92 Å². The zero-order chi connectivity index (χ0) is 14.6. The molecule has 0 saturated carbocycles. The van der Waals surface area contributed by atoms with Crippen molar-refractivity contribution in [2.75, 3.05) is 37.5 Å². The van der Waals surface area contributed by atoms with Crippen molar-refractivity contribution in [3.8, 4) is 0 Å². The monoisotopic (exact) mass is 305 g/mol. The maximum absolute atomic E-state index is 11.8. The van der Waals surface area contributed by atoms with E-state index in [9.17, 15) is 4.79 Å². The average molecular weight is 306 g/mol. The third kappa shape index (κ3) is 3.86. The number of rotatable bonds is 5. The van der Waals surface area contributed by atoms with Gasteiger partial charge in [0.15, 0.2) is 5.82 Å². The number of nitrogens with one attached hydrogen (secondary N) is 1. The highest BCUT2D eigenvalue weighted by atomic mass is 35.5. The van der Waals surface area contributed by atoms with Gasteiger partial charge in [0.1, 0.15) is 5.82 Å². The van der Waals surface area contributed by atoms with E-state index in [4.69, 9.17) is 29.0 Å². The van der Waals surface area contributed by atoms with Crippen molar-refractivity contribution in [2.24, 2.45) is 5.84 Å². The fourth-order valence-electron chi connectivity index (χ4n) is 1.42. The summed E-state index contributed by atoms with van der Waals surface area (Å²) in [6, 6.07) is 1.55. The highest BCUT2D eigenvalue weighted by Crippen LogP contribution is 2.30. The van der Waals surface area contributed by atoms with Gasteiger partial charge >= 0.3 is 0 Å². The number of halogens is 2. The van der Waals surface area contributed by atoms with Crippen LogP contribution in [-0.4, -0.2) is 43.0 Å². The van der Waals surface area contributed by atoms with Crippen LogP contribution in [0.4, 0.5) is 11.6 Å². The molecule has 0 aliphatic heterocycles. The Morgan fingerprint density at radius 2 is 2.05 bits per heavy atom. The Hall–Kier alpha value is -1.24. The van der Waals surface area contributed by atoms with Gasteiger partial charge in [-0.1, -0.05) is 23.2 Å². The van der Waals surface area contributed by atoms with Crippen LogP contribution >= 0.6 is 23.2 Å². The highest BCUT2D eigenvalue weighted by Gasteiger charge is 2.17. The SMILES string of the molecule is CCN(CC(=O)N(C)C)c1nc(NN)c(Cl)cc1Cl. The zero-order valence-electron chi connectivity index (χ0n) is 11.1. The van der Waals surface area contributed by atoms with Gasteiger partial charge in [-0.25, -0.2) is 10.8 Å². The predicted molar refractivity (Wildman–Crippen MR) is 78.6 cm³/mol. The van der Waals surface area contributed by atoms with Crippen molar-refractivity contribution in [1.82, 2.24) is 9.88 Å². The van der Waals surface area contributed by atoms with Crippen LogP contribution in [0.5, 0.6) is 0 Å². The number of carbonyl (C=O) groups excluding carboxylic acids is 1. The van der Waals surface area contributed by atoms with Crippen molar-refractivity contribution in [3.63, 3.8) is 0 Å². The van der Waals surface area contributed by atoms with Crippen LogP contribution in [0.15, 0.2) is 6.07 Å². The molecule has 6 nitrogen and oxygen atoms in total. The van der Waals surface area contributed by atoms with E-state index < -0.39 is 0 Å². The van der Waals surface area contributed by atoms with Crippen LogP contribution in [0.3, 0.4) is 0 Å². The van der Waals surface area contributed by atoms with Crippen LogP contribution in [0, 0.1) is 0 Å². The summed E-state index contributed by atoms with van der Waals surface area (Å²) in [5, 5.41) is 0.698. The van der Waals surface area contributed by atoms with E-state index in [2.05, 4.69) is 10.4 Å². The minimum atomic E-state index is -0.0445. The molecule has 1 amide bonds. The molecule has 19 heavy (non-hydrogen) atoms. The molecule has 1 aromatic heterocycles. The van der Waals surface area contributed by atoms with Gasteiger partial charge in [0.25, 0.3) is 0 Å². The lowest BCUT2D eigenvalue weighted by Crippen LogP contribution is -2.37. The fourth-order valence-corrected chi connectivity index (χ4v) is 1.95. The Kier molecular flexibility index (Phi) is 5.65. The normalized spacial score (nSPS) is 10.2. The van der Waals surface area contributed by atoms with E-state index in [0.29, 0.717) is 28.2 Å². The predicted octanol–water partition coefficient (Wildman–Crippen LogP) is 1.59. The first-order valence-electron chi connectivity index (χ1n) is 5.68. The smallest absolute Gasteiger partial charge is 0.241 e. The topological polar surface area (TPSA) is 74.5 Å². The summed E-state index contributed by atoms with van der Waals surface area (Å²) in [5.41, 5.74) is 2.39. The van der Waals surface area contributed by atoms with Gasteiger partial charge in [0.05, 0.1) is 16.6 Å². The van der Waals surface area contributed by atoms with Crippen molar-refractivity contribution in [3.05, 3.63) is 16.1 Å². The van der Waals surface area contributed by atoms with Gasteiger partial charge < -0.3 is 15.2 Å². The van der Waals surface area contributed by atoms with Gasteiger partial charge in [0, 0.05) is 20.6 Å². The molecule has 0 aromatic carbocycles. The summed E-state index contributed by atoms with van der Waals surface area (Å²) >= 11 is 12.0. The molecule has 0 spiro atoms. The Bertz CT molecular complexity index is 467. The van der Waals surface area contributed by atoms with Crippen molar-refractivity contribution < 1.29 is 4.79 Å². The molecule has 0 fully saturated rings. The van der Waals surface area contributed by atoms with E-state index in [-0.39, 0.29) is 12.5 Å². The van der Waals surface area contributed by atoms with Crippen LogP contribution in [0.1, 0.15) is 6.92 Å². The molecule has 0 aliphatic carbocycles. The van der Waals surface area contributed by atoms with Crippen LogP contribution < -0.4 is 16.2 Å². The quantitative estimate of drug-likeness (QED) is 0.638. The molecule has 0 aliphatic rings. The first-order chi connectivity index (χ1) is 8.90. The summed E-state index contributed by atoms with van der Waals surface area (Å²) in [7, 11) is 3.39. The molecule has 1 aromatic rings. The van der Waals surface area contributed by atoms with E-state index in [1.165, 1.54) is 4.90 Å². The number of hydrogen-bond acceptors (Lipinski definition) is 5. The average Bonchev–Trinajstić information content (AvgIpc) is 2.36. The van der Waals surface area contributed by atoms with Crippen LogP contribution in [0.25, 0.3) is 0 Å². The number of amides is 1. The minimum absolute atomic E-state index is 0.0445. The maximum Gasteiger partial charge on any atom is 0.241 e. The molecular weight excluding hydrogens is 289 g/mol. The lowest BCUT2D eigenvalue weighted by molar-refractivity contribution is -0.127. The Balaban J connectivity index is 3.07. The number of pyridine rings is 1. The number of hydrogen-bond donors (Lipinski definition) is 2. The first kappa shape index (κ1) is 15.8. The second-order valence-corrected chi connectivity index (χ2v) is 4.89. The number of nitrogen functional groups attached to an aromatic ring is 1. The Morgan fingerprint density at radius 3 is 2.53 bits per heavy atom. The number of nitrogens with zero attached hydrogens (tertiary/aromatic N) is 3. The molecule has 8 heteroatoms. The van der Waals surface area contributed by atoms with Crippen molar-refractivity contribution in [1.29, 1.82) is 0 Å². The summed E-state index contributed by atoms with van der Waals surface area (Å²) in [4.78, 5) is 19.3. The van der Waals surface area contributed by atoms with Gasteiger partial charge in [-0.3, -0.25) is 4.79 Å². The van der Waals surface area contributed by atoms with E-state index >= 15 is 0 Å². The van der Waals surface area contributed by atoms with Crippen LogP contribution in [-0.2, 0) is 4.79 Å². The van der Waals surface area contributed by atoms with Crippen LogP contribution in [0.2, 0.25) is 10.0 Å². The molecule has 0 atom stereocenters. The standard InChI is InChI=1S/C11H17Cl2N5O/c1-4-18(6-9(19)17(2)3)11-8(13)5-7(12)10(15-11)16-14/h5H,4,6,14H2,1-3H3,(H,15,16). The third-order valence-corrected chi connectivity index (χ3v) is 3.12. The minimum Gasteiger partial charge on any atom is -0.347 e. The van der Waals surface area contributed by atoms with Crippen molar-refractivity contribution >= 4 is 40.7 Å². The molecule has 0 saturated heterocycles. The highest BCUT2D eigenvalue weighted by molar-refractivity contribution is 6.37. The maximum atomic E-state index is 11.8. The molecule has 1 heterocycles. The van der Waals surface area contributed by atoms with Gasteiger partial charge in [-0.2, -0.15) is 0 Å². The van der Waals surface area contributed by atoms with E-state index in [0.717, 1.165) is 0 Å². The summed E-state index contributed by atoms with van der Waals surface area (Å²) in [6.45, 7) is 2.67. The number of likely N-dealkylation sites (N-methyl/N-ethyl adjacent to an activating group) is 2. The first-order valence-corrected chi connectivity index (χ1v) is 6.44. The number of carbonyl (C=O) groups is 1. The number of hydrazine groups is 1. The Morgan fingerprint density at radius 1 is 1.42 bits per heavy atom. The molecule has 0 unspecified atom stereocenters. The second kappa shape index (κ2) is 6.79. The molecule has 0 radical (unpaired) electrons. The van der Waals surface area contributed by atoms with E-state index in [1.54, 1.807) is 25.1 Å². The largest absolute Gasteiger partial charge is 0.347 e. The summed E-state index contributed by atoms with van der Waals surface area (Å²) in [5.74, 6) is 6.07. The zero-order valence-corrected chi connectivity index (χ0v) is 12.6. The van der Waals surface area contributed by atoms with Crippen molar-refractivity contribution in [2.45, 2.75) is 6.92 Å². The molecule has 0 bridgehead atoms. The fraction of sp³-hybridized carbons (Fsp3) is 0.455. The number of aromatic nitrogens is 1. The van der Waals surface area contributed by atoms with Gasteiger partial charge in [-0.15, -0.1) is 0 Å². The lowest BCUT2D eigenvalue weighted by atomic mass is 10.3.